The molecule has 29 heavy (non-hydrogen) atoms. The quantitative estimate of drug-likeness (QED) is 0.555. The van der Waals surface area contributed by atoms with E-state index in [4.69, 9.17) is 4.74 Å². The molecule has 1 aliphatic rings. The van der Waals surface area contributed by atoms with Gasteiger partial charge in [-0.25, -0.2) is 15.0 Å². The van der Waals surface area contributed by atoms with E-state index in [1.165, 1.54) is 11.3 Å². The minimum atomic E-state index is -0.447. The Hall–Kier alpha value is -2.85. The number of nitrogens with zero attached hydrogens (tertiary/aromatic N) is 5. The van der Waals surface area contributed by atoms with Gasteiger partial charge in [0.25, 0.3) is 5.91 Å². The average Bonchev–Trinajstić information content (AvgIpc) is 3.45. The Morgan fingerprint density at radius 2 is 1.86 bits per heavy atom. The number of anilines is 1. The van der Waals surface area contributed by atoms with Crippen LogP contribution in [0.25, 0.3) is 9.88 Å². The number of thiophene rings is 1. The molecule has 1 fully saturated rings. The lowest BCUT2D eigenvalue weighted by atomic mass is 10.3. The van der Waals surface area contributed by atoms with Crippen LogP contribution in [0.1, 0.15) is 5.69 Å². The molecule has 3 aromatic rings. The Labute approximate surface area is 175 Å². The molecule has 4 heterocycles. The summed E-state index contributed by atoms with van der Waals surface area (Å²) in [7, 11) is 0. The van der Waals surface area contributed by atoms with Crippen molar-refractivity contribution in [3.8, 4) is 9.88 Å². The maximum atomic E-state index is 12.3. The van der Waals surface area contributed by atoms with Crippen LogP contribution in [-0.2, 0) is 20.7 Å². The summed E-state index contributed by atoms with van der Waals surface area (Å²) in [5.41, 5.74) is 0.660. The molecular weight excluding hydrogens is 410 g/mol. The van der Waals surface area contributed by atoms with Gasteiger partial charge in [0.15, 0.2) is 6.61 Å². The Morgan fingerprint density at radius 3 is 2.59 bits per heavy atom. The highest BCUT2D eigenvalue weighted by molar-refractivity contribution is 7.20. The van der Waals surface area contributed by atoms with Crippen molar-refractivity contribution in [1.82, 2.24) is 19.9 Å². The van der Waals surface area contributed by atoms with Gasteiger partial charge in [-0.05, 0) is 17.5 Å². The minimum Gasteiger partial charge on any atom is -0.455 e. The number of hydrogen-bond donors (Lipinski definition) is 0. The predicted octanol–water partition coefficient (Wildman–Crippen LogP) is 2.10. The smallest absolute Gasteiger partial charge is 0.312 e. The van der Waals surface area contributed by atoms with Crippen LogP contribution >= 0.6 is 22.7 Å². The monoisotopic (exact) mass is 429 g/mol. The van der Waals surface area contributed by atoms with Crippen LogP contribution in [0.4, 0.5) is 5.95 Å². The molecule has 0 saturated carbocycles. The number of carbonyl (C=O) groups excluding carboxylic acids is 2. The van der Waals surface area contributed by atoms with Gasteiger partial charge in [-0.2, -0.15) is 0 Å². The van der Waals surface area contributed by atoms with Crippen LogP contribution in [0.15, 0.2) is 41.4 Å². The lowest BCUT2D eigenvalue weighted by molar-refractivity contribution is -0.151. The molecule has 0 radical (unpaired) electrons. The van der Waals surface area contributed by atoms with Gasteiger partial charge in [-0.3, -0.25) is 9.59 Å². The molecular formula is C19H19N5O3S2. The SMILES string of the molecule is O=C(Cc1csc(-c2cccs2)n1)OCC(=O)N1CCN(c2ncccn2)CC1. The van der Waals surface area contributed by atoms with Crippen molar-refractivity contribution in [3.63, 3.8) is 0 Å². The normalized spacial score (nSPS) is 14.1. The van der Waals surface area contributed by atoms with Gasteiger partial charge in [-0.15, -0.1) is 22.7 Å². The Bertz CT molecular complexity index is 953. The number of amides is 1. The maximum absolute atomic E-state index is 12.3. The van der Waals surface area contributed by atoms with E-state index in [2.05, 4.69) is 15.0 Å². The number of rotatable bonds is 6. The van der Waals surface area contributed by atoms with Gasteiger partial charge in [0, 0.05) is 44.0 Å². The van der Waals surface area contributed by atoms with E-state index >= 15 is 0 Å². The van der Waals surface area contributed by atoms with Gasteiger partial charge in [0.05, 0.1) is 17.0 Å². The highest BCUT2D eigenvalue weighted by Crippen LogP contribution is 2.27. The van der Waals surface area contributed by atoms with Crippen LogP contribution in [-0.4, -0.2) is 64.5 Å². The van der Waals surface area contributed by atoms with Crippen molar-refractivity contribution in [2.75, 3.05) is 37.7 Å². The summed E-state index contributed by atoms with van der Waals surface area (Å²) < 4.78 is 5.17. The highest BCUT2D eigenvalue weighted by Gasteiger charge is 2.23. The molecule has 0 atom stereocenters. The number of carbonyl (C=O) groups is 2. The summed E-state index contributed by atoms with van der Waals surface area (Å²) in [5.74, 6) is 0.0263. The topological polar surface area (TPSA) is 88.5 Å². The summed E-state index contributed by atoms with van der Waals surface area (Å²) in [5, 5.41) is 4.73. The van der Waals surface area contributed by atoms with Crippen LogP contribution < -0.4 is 4.90 Å². The second-order valence-corrected chi connectivity index (χ2v) is 8.18. The number of thiazole rings is 1. The zero-order chi connectivity index (χ0) is 20.1. The molecule has 0 N–H and O–H groups in total. The Morgan fingerprint density at radius 1 is 1.07 bits per heavy atom. The Balaban J connectivity index is 1.21. The molecule has 1 saturated heterocycles. The largest absolute Gasteiger partial charge is 0.455 e. The predicted molar refractivity (Wildman–Crippen MR) is 111 cm³/mol. The fourth-order valence-corrected chi connectivity index (χ4v) is 4.58. The van der Waals surface area contributed by atoms with Crippen molar-refractivity contribution in [3.05, 3.63) is 47.0 Å². The van der Waals surface area contributed by atoms with Crippen LogP contribution in [0.5, 0.6) is 0 Å². The molecule has 8 nitrogen and oxygen atoms in total. The van der Waals surface area contributed by atoms with Crippen LogP contribution in [0.2, 0.25) is 0 Å². The van der Waals surface area contributed by atoms with Crippen molar-refractivity contribution < 1.29 is 14.3 Å². The highest BCUT2D eigenvalue weighted by atomic mass is 32.1. The molecule has 1 amide bonds. The molecule has 0 aliphatic carbocycles. The lowest BCUT2D eigenvalue weighted by Gasteiger charge is -2.34. The first-order valence-electron chi connectivity index (χ1n) is 9.12. The van der Waals surface area contributed by atoms with Crippen LogP contribution in [0.3, 0.4) is 0 Å². The summed E-state index contributed by atoms with van der Waals surface area (Å²) in [6, 6.07) is 5.73. The summed E-state index contributed by atoms with van der Waals surface area (Å²) in [6.07, 6.45) is 3.46. The van der Waals surface area contributed by atoms with E-state index in [-0.39, 0.29) is 18.9 Å². The second-order valence-electron chi connectivity index (χ2n) is 6.38. The summed E-state index contributed by atoms with van der Waals surface area (Å²) in [4.78, 5) is 42.1. The summed E-state index contributed by atoms with van der Waals surface area (Å²) >= 11 is 3.10. The lowest BCUT2D eigenvalue weighted by Crippen LogP contribution is -2.50. The van der Waals surface area contributed by atoms with E-state index in [1.807, 2.05) is 27.8 Å². The minimum absolute atomic E-state index is 0.0638. The number of esters is 1. The molecule has 10 heteroatoms. The fraction of sp³-hybridized carbons (Fsp3) is 0.316. The summed E-state index contributed by atoms with van der Waals surface area (Å²) in [6.45, 7) is 2.14. The number of ether oxygens (including phenoxy) is 1. The molecule has 4 rings (SSSR count). The molecule has 0 spiro atoms. The second kappa shape index (κ2) is 9.10. The van der Waals surface area contributed by atoms with E-state index in [1.54, 1.807) is 34.7 Å². The van der Waals surface area contributed by atoms with E-state index in [0.717, 1.165) is 9.88 Å². The van der Waals surface area contributed by atoms with Gasteiger partial charge in [-0.1, -0.05) is 6.07 Å². The standard InChI is InChI=1S/C19H19N5O3S2/c25-16(23-6-8-24(9-7-23)19-20-4-2-5-21-19)12-27-17(26)11-14-13-29-18(22-14)15-3-1-10-28-15/h1-5,10,13H,6-9,11-12H2. The number of aromatic nitrogens is 3. The van der Waals surface area contributed by atoms with Gasteiger partial charge in [0.1, 0.15) is 5.01 Å². The van der Waals surface area contributed by atoms with Gasteiger partial charge in [0.2, 0.25) is 5.95 Å². The third-order valence-electron chi connectivity index (χ3n) is 4.43. The third kappa shape index (κ3) is 4.96. The third-order valence-corrected chi connectivity index (χ3v) is 6.36. The van der Waals surface area contributed by atoms with Gasteiger partial charge < -0.3 is 14.5 Å². The number of piperazine rings is 1. The molecule has 3 aromatic heterocycles. The van der Waals surface area contributed by atoms with Crippen molar-refractivity contribution in [1.29, 1.82) is 0 Å². The van der Waals surface area contributed by atoms with Crippen molar-refractivity contribution >= 4 is 40.5 Å². The average molecular weight is 430 g/mol. The zero-order valence-corrected chi connectivity index (χ0v) is 17.2. The van der Waals surface area contributed by atoms with Crippen molar-refractivity contribution in [2.24, 2.45) is 0 Å². The first-order valence-corrected chi connectivity index (χ1v) is 10.9. The van der Waals surface area contributed by atoms with E-state index in [9.17, 15) is 9.59 Å². The van der Waals surface area contributed by atoms with Crippen LogP contribution in [0, 0.1) is 0 Å². The first-order chi connectivity index (χ1) is 14.2. The Kier molecular flexibility index (Phi) is 6.11. The molecule has 0 bridgehead atoms. The molecule has 0 aromatic carbocycles. The molecule has 1 aliphatic heterocycles. The molecule has 150 valence electrons. The number of hydrogen-bond acceptors (Lipinski definition) is 9. The fourth-order valence-electron chi connectivity index (χ4n) is 2.94. The van der Waals surface area contributed by atoms with Gasteiger partial charge >= 0.3 is 5.97 Å². The molecule has 0 unspecified atom stereocenters. The van der Waals surface area contributed by atoms with E-state index in [0.29, 0.717) is 37.8 Å². The first kappa shape index (κ1) is 19.5. The zero-order valence-electron chi connectivity index (χ0n) is 15.6. The van der Waals surface area contributed by atoms with E-state index < -0.39 is 5.97 Å². The maximum Gasteiger partial charge on any atom is 0.312 e. The van der Waals surface area contributed by atoms with Crippen molar-refractivity contribution in [2.45, 2.75) is 6.42 Å².